The Hall–Kier alpha value is -1.48. The van der Waals surface area contributed by atoms with Gasteiger partial charge >= 0.3 is 0 Å². The van der Waals surface area contributed by atoms with E-state index in [4.69, 9.17) is 9.47 Å². The first-order valence-electron chi connectivity index (χ1n) is 7.53. The summed E-state index contributed by atoms with van der Waals surface area (Å²) in [5, 5.41) is 3.38. The highest BCUT2D eigenvalue weighted by atomic mass is 16.5. The summed E-state index contributed by atoms with van der Waals surface area (Å²) < 4.78 is 12.0. The largest absolute Gasteiger partial charge is 0.493 e. The number of fused-ring (bicyclic) bond motifs is 1. The summed E-state index contributed by atoms with van der Waals surface area (Å²) in [7, 11) is 0. The molecule has 1 N–H and O–H groups in total. The number of rotatable bonds is 3. The van der Waals surface area contributed by atoms with E-state index in [-0.39, 0.29) is 5.60 Å². The average Bonchev–Trinajstić information content (AvgIpc) is 2.46. The minimum absolute atomic E-state index is 0.0987. The molecular formula is C17H23NO2. The summed E-state index contributed by atoms with van der Waals surface area (Å²) in [4.78, 5) is 0. The molecular weight excluding hydrogens is 250 g/mol. The number of piperidine rings is 1. The topological polar surface area (TPSA) is 30.5 Å². The summed E-state index contributed by atoms with van der Waals surface area (Å²) in [6.45, 7) is 7.11. The Morgan fingerprint density at radius 1 is 1.30 bits per heavy atom. The van der Waals surface area contributed by atoms with Crippen molar-refractivity contribution in [2.24, 2.45) is 5.92 Å². The van der Waals surface area contributed by atoms with E-state index in [9.17, 15) is 0 Å². The van der Waals surface area contributed by atoms with E-state index >= 15 is 0 Å². The fourth-order valence-electron chi connectivity index (χ4n) is 2.72. The van der Waals surface area contributed by atoms with Crippen LogP contribution in [0, 0.1) is 5.92 Å². The molecule has 2 aliphatic rings. The van der Waals surface area contributed by atoms with Gasteiger partial charge < -0.3 is 14.8 Å². The number of benzene rings is 1. The van der Waals surface area contributed by atoms with Crippen molar-refractivity contribution >= 4 is 6.08 Å². The zero-order valence-electron chi connectivity index (χ0n) is 12.3. The van der Waals surface area contributed by atoms with E-state index in [1.807, 2.05) is 12.1 Å². The molecule has 0 saturated carbocycles. The lowest BCUT2D eigenvalue weighted by molar-refractivity contribution is 0.0822. The molecule has 1 aromatic carbocycles. The number of nitrogens with one attached hydrogen (secondary N) is 1. The molecule has 0 aliphatic carbocycles. The summed E-state index contributed by atoms with van der Waals surface area (Å²) >= 11 is 0. The molecule has 0 atom stereocenters. The van der Waals surface area contributed by atoms with Gasteiger partial charge in [-0.25, -0.2) is 0 Å². The van der Waals surface area contributed by atoms with E-state index in [0.29, 0.717) is 5.92 Å². The van der Waals surface area contributed by atoms with Gasteiger partial charge in [0.25, 0.3) is 0 Å². The second kappa shape index (κ2) is 5.49. The minimum Gasteiger partial charge on any atom is -0.493 e. The molecule has 3 rings (SSSR count). The molecule has 2 heterocycles. The highest BCUT2D eigenvalue weighted by Crippen LogP contribution is 2.37. The van der Waals surface area contributed by atoms with Gasteiger partial charge in [0, 0.05) is 18.4 Å². The van der Waals surface area contributed by atoms with Crippen LogP contribution in [0.2, 0.25) is 0 Å². The van der Waals surface area contributed by atoms with Crippen LogP contribution in [0.3, 0.4) is 0 Å². The van der Waals surface area contributed by atoms with Crippen LogP contribution >= 0.6 is 0 Å². The Labute approximate surface area is 121 Å². The van der Waals surface area contributed by atoms with Gasteiger partial charge in [0.1, 0.15) is 17.1 Å². The average molecular weight is 273 g/mol. The third-order valence-corrected chi connectivity index (χ3v) is 3.89. The van der Waals surface area contributed by atoms with Crippen LogP contribution in [-0.4, -0.2) is 25.3 Å². The lowest BCUT2D eigenvalue weighted by atomic mass is 9.89. The number of hydrogen-bond donors (Lipinski definition) is 1. The Morgan fingerprint density at radius 2 is 2.10 bits per heavy atom. The maximum Gasteiger partial charge on any atom is 0.130 e. The molecule has 0 aromatic heterocycles. The van der Waals surface area contributed by atoms with Crippen molar-refractivity contribution in [3.8, 4) is 11.5 Å². The Balaban J connectivity index is 1.76. The molecule has 20 heavy (non-hydrogen) atoms. The molecule has 0 bridgehead atoms. The first kappa shape index (κ1) is 13.5. The molecule has 0 unspecified atom stereocenters. The third kappa shape index (κ3) is 2.83. The SMILES string of the molecule is CC(C)COc1ccc2c(c1)C=CC1(CCNCC1)O2. The van der Waals surface area contributed by atoms with Crippen molar-refractivity contribution in [3.05, 3.63) is 29.8 Å². The molecule has 1 saturated heterocycles. The van der Waals surface area contributed by atoms with Gasteiger partial charge in [-0.15, -0.1) is 0 Å². The lowest BCUT2D eigenvalue weighted by Gasteiger charge is -2.38. The van der Waals surface area contributed by atoms with Gasteiger partial charge in [-0.2, -0.15) is 0 Å². The van der Waals surface area contributed by atoms with Crippen LogP contribution in [0.15, 0.2) is 24.3 Å². The van der Waals surface area contributed by atoms with E-state index in [2.05, 4.69) is 37.4 Å². The maximum atomic E-state index is 6.26. The van der Waals surface area contributed by atoms with Gasteiger partial charge in [-0.05, 0) is 43.3 Å². The van der Waals surface area contributed by atoms with Crippen LogP contribution in [0.1, 0.15) is 32.3 Å². The quantitative estimate of drug-likeness (QED) is 0.917. The second-order valence-electron chi connectivity index (χ2n) is 6.15. The van der Waals surface area contributed by atoms with E-state index in [0.717, 1.165) is 49.6 Å². The Bertz CT molecular complexity index is 502. The van der Waals surface area contributed by atoms with Gasteiger partial charge in [-0.3, -0.25) is 0 Å². The van der Waals surface area contributed by atoms with E-state index in [1.54, 1.807) is 0 Å². The standard InChI is InChI=1S/C17H23NO2/c1-13(2)12-19-15-3-4-16-14(11-15)5-6-17(20-16)7-9-18-10-8-17/h3-6,11,13,18H,7-10,12H2,1-2H3. The fraction of sp³-hybridized carbons (Fsp3) is 0.529. The minimum atomic E-state index is -0.0987. The van der Waals surface area contributed by atoms with E-state index in [1.165, 1.54) is 0 Å². The van der Waals surface area contributed by atoms with Crippen LogP contribution < -0.4 is 14.8 Å². The normalized spacial score (nSPS) is 19.8. The Morgan fingerprint density at radius 3 is 2.85 bits per heavy atom. The van der Waals surface area contributed by atoms with Crippen molar-refractivity contribution in [1.82, 2.24) is 5.32 Å². The molecule has 1 aromatic rings. The predicted molar refractivity (Wildman–Crippen MR) is 81.3 cm³/mol. The predicted octanol–water partition coefficient (Wildman–Crippen LogP) is 3.25. The summed E-state index contributed by atoms with van der Waals surface area (Å²) in [6, 6.07) is 6.12. The monoisotopic (exact) mass is 273 g/mol. The van der Waals surface area contributed by atoms with Crippen molar-refractivity contribution in [3.63, 3.8) is 0 Å². The van der Waals surface area contributed by atoms with Crippen molar-refractivity contribution in [2.45, 2.75) is 32.3 Å². The highest BCUT2D eigenvalue weighted by molar-refractivity contribution is 5.63. The Kier molecular flexibility index (Phi) is 3.70. The van der Waals surface area contributed by atoms with Crippen LogP contribution in [-0.2, 0) is 0 Å². The van der Waals surface area contributed by atoms with Gasteiger partial charge in [-0.1, -0.05) is 19.9 Å². The first-order chi connectivity index (χ1) is 9.67. The van der Waals surface area contributed by atoms with Crippen LogP contribution in [0.4, 0.5) is 0 Å². The highest BCUT2D eigenvalue weighted by Gasteiger charge is 2.34. The second-order valence-corrected chi connectivity index (χ2v) is 6.15. The van der Waals surface area contributed by atoms with Crippen molar-refractivity contribution in [2.75, 3.05) is 19.7 Å². The summed E-state index contributed by atoms with van der Waals surface area (Å²) in [6.07, 6.45) is 6.48. The number of hydrogen-bond acceptors (Lipinski definition) is 3. The lowest BCUT2D eigenvalue weighted by Crippen LogP contribution is -2.45. The maximum absolute atomic E-state index is 6.26. The van der Waals surface area contributed by atoms with Crippen LogP contribution in [0.25, 0.3) is 6.08 Å². The summed E-state index contributed by atoms with van der Waals surface area (Å²) in [5.74, 6) is 2.44. The van der Waals surface area contributed by atoms with Gasteiger partial charge in [0.05, 0.1) is 6.61 Å². The molecule has 0 radical (unpaired) electrons. The smallest absolute Gasteiger partial charge is 0.130 e. The van der Waals surface area contributed by atoms with Gasteiger partial charge in [0.15, 0.2) is 0 Å². The van der Waals surface area contributed by atoms with Gasteiger partial charge in [0.2, 0.25) is 0 Å². The molecule has 3 heteroatoms. The zero-order valence-corrected chi connectivity index (χ0v) is 12.3. The molecule has 0 amide bonds. The third-order valence-electron chi connectivity index (χ3n) is 3.89. The zero-order chi connectivity index (χ0) is 14.0. The first-order valence-corrected chi connectivity index (χ1v) is 7.53. The van der Waals surface area contributed by atoms with E-state index < -0.39 is 0 Å². The molecule has 1 spiro atoms. The van der Waals surface area contributed by atoms with Crippen LogP contribution in [0.5, 0.6) is 11.5 Å². The van der Waals surface area contributed by atoms with Crippen molar-refractivity contribution in [1.29, 1.82) is 0 Å². The number of ether oxygens (including phenoxy) is 2. The molecule has 3 nitrogen and oxygen atoms in total. The molecule has 2 aliphatic heterocycles. The molecule has 108 valence electrons. The molecule has 1 fully saturated rings. The fourth-order valence-corrected chi connectivity index (χ4v) is 2.72. The summed E-state index contributed by atoms with van der Waals surface area (Å²) in [5.41, 5.74) is 1.02. The van der Waals surface area contributed by atoms with Crippen molar-refractivity contribution < 1.29 is 9.47 Å².